The van der Waals surface area contributed by atoms with Gasteiger partial charge in [0.25, 0.3) is 0 Å². The fraction of sp³-hybridized carbons (Fsp3) is 0.0833. The Hall–Kier alpha value is -0.812. The van der Waals surface area contributed by atoms with Crippen LogP contribution in [0.5, 0.6) is 0 Å². The molecule has 2 heteroatoms. The molecular formula is C12H14OW. The van der Waals surface area contributed by atoms with Crippen LogP contribution in [-0.2, 0) is 25.9 Å². The van der Waals surface area contributed by atoms with Crippen LogP contribution >= 0.6 is 0 Å². The molecule has 1 nitrogen and oxygen atoms in total. The summed E-state index contributed by atoms with van der Waals surface area (Å²) < 4.78 is 0. The van der Waals surface area contributed by atoms with Gasteiger partial charge in [0.15, 0.2) is 5.78 Å². The molecule has 0 fully saturated rings. The molecule has 0 aliphatic carbocycles. The van der Waals surface area contributed by atoms with Gasteiger partial charge in [-0.15, -0.1) is 23.8 Å². The predicted octanol–water partition coefficient (Wildman–Crippen LogP) is 2.92. The summed E-state index contributed by atoms with van der Waals surface area (Å²) in [4.78, 5) is 10.6. The quantitative estimate of drug-likeness (QED) is 0.587. The van der Waals surface area contributed by atoms with Gasteiger partial charge in [0, 0.05) is 0 Å². The van der Waals surface area contributed by atoms with Gasteiger partial charge < -0.3 is 7.43 Å². The molecular weight excluding hydrogens is 344 g/mol. The van der Waals surface area contributed by atoms with Crippen LogP contribution in [0.1, 0.15) is 18.1 Å². The Balaban J connectivity index is 0. The van der Waals surface area contributed by atoms with E-state index in [4.69, 9.17) is 0 Å². The van der Waals surface area contributed by atoms with E-state index < -0.39 is 0 Å². The normalized spacial score (nSPS) is 8.93. The zero-order chi connectivity index (χ0) is 8.97. The number of hydrogen-bond acceptors (Lipinski definition) is 1. The molecule has 0 heterocycles. The van der Waals surface area contributed by atoms with Gasteiger partial charge >= 0.3 is 21.1 Å². The van der Waals surface area contributed by atoms with Crippen molar-refractivity contribution in [3.8, 4) is 0 Å². The molecule has 1 aromatic rings. The van der Waals surface area contributed by atoms with E-state index in [1.165, 1.54) is 6.92 Å². The Morgan fingerprint density at radius 1 is 1.36 bits per heavy atom. The molecule has 1 aromatic carbocycles. The first-order chi connectivity index (χ1) is 5.70. The Kier molecular flexibility index (Phi) is 8.47. The molecule has 0 aliphatic rings. The summed E-state index contributed by atoms with van der Waals surface area (Å²) in [7, 11) is 0. The molecule has 0 aliphatic heterocycles. The number of rotatable bonds is 2. The molecule has 74 valence electrons. The molecule has 0 unspecified atom stereocenters. The van der Waals surface area contributed by atoms with Gasteiger partial charge in [0.05, 0.1) is 0 Å². The third-order valence-electron chi connectivity index (χ3n) is 1.55. The maximum Gasteiger partial charge on any atom is 2.00 e. The first-order valence-corrected chi connectivity index (χ1v) is 3.80. The third kappa shape index (κ3) is 5.03. The van der Waals surface area contributed by atoms with Crippen LogP contribution in [0.4, 0.5) is 0 Å². The minimum absolute atomic E-state index is 0. The summed E-state index contributed by atoms with van der Waals surface area (Å²) in [6.45, 7) is 5.37. The van der Waals surface area contributed by atoms with Crippen molar-refractivity contribution in [1.29, 1.82) is 0 Å². The first-order valence-electron chi connectivity index (χ1n) is 3.80. The topological polar surface area (TPSA) is 17.1 Å². The molecule has 14 heavy (non-hydrogen) atoms. The average molecular weight is 358 g/mol. The van der Waals surface area contributed by atoms with E-state index in [2.05, 4.69) is 6.92 Å². The van der Waals surface area contributed by atoms with Gasteiger partial charge in [-0.05, 0) is 13.0 Å². The average Bonchev–Trinajstić information content (AvgIpc) is 2.03. The molecule has 0 saturated heterocycles. The molecule has 0 radical (unpaired) electrons. The van der Waals surface area contributed by atoms with Crippen LogP contribution in [0.25, 0.3) is 6.08 Å². The molecule has 0 saturated carbocycles. The van der Waals surface area contributed by atoms with Crippen molar-refractivity contribution in [3.05, 3.63) is 55.8 Å². The molecule has 0 spiro atoms. The Bertz CT molecular complexity index is 316. The second kappa shape index (κ2) is 7.58. The van der Waals surface area contributed by atoms with Gasteiger partial charge in [0.1, 0.15) is 0 Å². The number of benzene rings is 1. The van der Waals surface area contributed by atoms with Crippen LogP contribution < -0.4 is 0 Å². The van der Waals surface area contributed by atoms with Crippen molar-refractivity contribution in [3.63, 3.8) is 0 Å². The van der Waals surface area contributed by atoms with E-state index in [9.17, 15) is 4.79 Å². The van der Waals surface area contributed by atoms with Crippen LogP contribution in [-0.4, -0.2) is 5.78 Å². The largest absolute Gasteiger partial charge is 2.00 e. The number of ketones is 1. The van der Waals surface area contributed by atoms with Crippen molar-refractivity contribution in [2.75, 3.05) is 0 Å². The second-order valence-corrected chi connectivity index (χ2v) is 2.64. The van der Waals surface area contributed by atoms with Gasteiger partial charge in [-0.25, -0.2) is 0 Å². The van der Waals surface area contributed by atoms with E-state index in [1.54, 1.807) is 12.2 Å². The summed E-state index contributed by atoms with van der Waals surface area (Å²) in [5.74, 6) is 0.0539. The van der Waals surface area contributed by atoms with Crippen molar-refractivity contribution < 1.29 is 25.9 Å². The smallest absolute Gasteiger partial charge is 0.358 e. The minimum atomic E-state index is 0. The summed E-state index contributed by atoms with van der Waals surface area (Å²) in [6, 6.07) is 7.70. The Morgan fingerprint density at radius 2 is 1.93 bits per heavy atom. The molecule has 0 atom stereocenters. The van der Waals surface area contributed by atoms with Gasteiger partial charge in [-0.2, -0.15) is 18.6 Å². The fourth-order valence-corrected chi connectivity index (χ4v) is 0.904. The summed E-state index contributed by atoms with van der Waals surface area (Å²) in [5.41, 5.74) is 1.93. The van der Waals surface area contributed by atoms with Crippen molar-refractivity contribution in [1.82, 2.24) is 0 Å². The minimum Gasteiger partial charge on any atom is -0.358 e. The molecule has 1 rings (SSSR count). The Morgan fingerprint density at radius 3 is 2.43 bits per heavy atom. The van der Waals surface area contributed by atoms with Crippen LogP contribution in [0.2, 0.25) is 0 Å². The maximum absolute atomic E-state index is 10.6. The zero-order valence-electron chi connectivity index (χ0n) is 8.49. The van der Waals surface area contributed by atoms with Crippen LogP contribution in [0, 0.1) is 14.4 Å². The fourth-order valence-electron chi connectivity index (χ4n) is 0.904. The number of allylic oxidation sites excluding steroid dienone is 1. The van der Waals surface area contributed by atoms with E-state index in [-0.39, 0.29) is 34.3 Å². The van der Waals surface area contributed by atoms with E-state index in [0.717, 1.165) is 11.1 Å². The summed E-state index contributed by atoms with van der Waals surface area (Å²) in [5, 5.41) is 0. The first kappa shape index (κ1) is 15.7. The van der Waals surface area contributed by atoms with E-state index in [0.29, 0.717) is 0 Å². The molecule has 0 bridgehead atoms. The van der Waals surface area contributed by atoms with Crippen molar-refractivity contribution in [2.45, 2.75) is 6.92 Å². The van der Waals surface area contributed by atoms with Crippen molar-refractivity contribution in [2.24, 2.45) is 0 Å². The second-order valence-electron chi connectivity index (χ2n) is 2.64. The molecule has 0 amide bonds. The molecule has 0 N–H and O–H groups in total. The number of carbonyl (C=O) groups is 1. The molecule has 0 aromatic heterocycles. The number of carbonyl (C=O) groups excluding carboxylic acids is 1. The Labute approximate surface area is 100 Å². The van der Waals surface area contributed by atoms with Crippen molar-refractivity contribution >= 4 is 11.9 Å². The van der Waals surface area contributed by atoms with Gasteiger partial charge in [0.2, 0.25) is 0 Å². The monoisotopic (exact) mass is 358 g/mol. The zero-order valence-corrected chi connectivity index (χ0v) is 11.4. The van der Waals surface area contributed by atoms with E-state index in [1.807, 2.05) is 24.3 Å². The van der Waals surface area contributed by atoms with Gasteiger partial charge in [-0.1, -0.05) is 6.07 Å². The third-order valence-corrected chi connectivity index (χ3v) is 1.55. The summed E-state index contributed by atoms with van der Waals surface area (Å²) >= 11 is 0. The summed E-state index contributed by atoms with van der Waals surface area (Å²) in [6.07, 6.45) is 3.33. The maximum atomic E-state index is 10.6. The SMILES string of the molecule is [CH2-]c1ccccc1/C=C/C(C)=O.[CH3-].[W+2]. The number of hydrogen-bond donors (Lipinski definition) is 0. The van der Waals surface area contributed by atoms with E-state index >= 15 is 0 Å². The standard InChI is InChI=1S/C11H11O.CH3.W/c1-9-5-3-4-6-11(9)8-7-10(2)12;;/h3-8H,1H2,2H3;1H3;/q2*-1;+2/b8-7+;;. The van der Waals surface area contributed by atoms with Gasteiger partial charge in [-0.3, -0.25) is 4.79 Å². The van der Waals surface area contributed by atoms with Crippen LogP contribution in [0.3, 0.4) is 0 Å². The predicted molar refractivity (Wildman–Crippen MR) is 57.0 cm³/mol. The van der Waals surface area contributed by atoms with Crippen LogP contribution in [0.15, 0.2) is 30.3 Å².